The fraction of sp³-hybridized carbons (Fsp3) is 0.538. The van der Waals surface area contributed by atoms with Crippen LogP contribution in [0.5, 0.6) is 0 Å². The second-order valence-corrected chi connectivity index (χ2v) is 4.18. The van der Waals surface area contributed by atoms with E-state index in [0.29, 0.717) is 12.6 Å². The molecule has 2 N–H and O–H groups in total. The minimum Gasteiger partial charge on any atom is -0.375 e. The molecule has 0 amide bonds. The van der Waals surface area contributed by atoms with Crippen molar-refractivity contribution < 1.29 is 4.74 Å². The molecule has 16 heavy (non-hydrogen) atoms. The predicted molar refractivity (Wildman–Crippen MR) is 65.4 cm³/mol. The number of ether oxygens (including phenoxy) is 1. The molecule has 1 aliphatic heterocycles. The molecular weight excluding hydrogens is 200 g/mol. The van der Waals surface area contributed by atoms with Crippen LogP contribution in [0.15, 0.2) is 30.3 Å². The maximum Gasteiger partial charge on any atom is 0.0717 e. The van der Waals surface area contributed by atoms with Crippen LogP contribution >= 0.6 is 0 Å². The summed E-state index contributed by atoms with van der Waals surface area (Å²) < 4.78 is 5.57. The Labute approximate surface area is 97.2 Å². The van der Waals surface area contributed by atoms with Gasteiger partial charge in [-0.1, -0.05) is 30.3 Å². The summed E-state index contributed by atoms with van der Waals surface area (Å²) >= 11 is 0. The van der Waals surface area contributed by atoms with E-state index >= 15 is 0 Å². The van der Waals surface area contributed by atoms with Gasteiger partial charge in [0.05, 0.1) is 13.2 Å². The van der Waals surface area contributed by atoms with Crippen molar-refractivity contribution >= 4 is 0 Å². The SMILES string of the molecule is c1ccc(COCCNCC2CCN2)cc1. The average molecular weight is 220 g/mol. The molecule has 0 saturated carbocycles. The molecule has 3 nitrogen and oxygen atoms in total. The number of hydrogen-bond acceptors (Lipinski definition) is 3. The van der Waals surface area contributed by atoms with E-state index in [1.54, 1.807) is 0 Å². The van der Waals surface area contributed by atoms with Crippen LogP contribution in [0.3, 0.4) is 0 Å². The average Bonchev–Trinajstić information content (AvgIpc) is 2.27. The van der Waals surface area contributed by atoms with Crippen molar-refractivity contribution in [1.29, 1.82) is 0 Å². The largest absolute Gasteiger partial charge is 0.375 e. The normalized spacial score (nSPS) is 19.4. The van der Waals surface area contributed by atoms with Crippen LogP contribution in [0.25, 0.3) is 0 Å². The monoisotopic (exact) mass is 220 g/mol. The molecule has 88 valence electrons. The van der Waals surface area contributed by atoms with Crippen LogP contribution < -0.4 is 10.6 Å². The Morgan fingerprint density at radius 2 is 2.12 bits per heavy atom. The molecule has 1 unspecified atom stereocenters. The van der Waals surface area contributed by atoms with Crippen LogP contribution in [0.2, 0.25) is 0 Å². The Morgan fingerprint density at radius 3 is 2.81 bits per heavy atom. The smallest absolute Gasteiger partial charge is 0.0717 e. The third-order valence-electron chi connectivity index (χ3n) is 2.85. The van der Waals surface area contributed by atoms with Gasteiger partial charge < -0.3 is 15.4 Å². The van der Waals surface area contributed by atoms with E-state index in [9.17, 15) is 0 Å². The predicted octanol–water partition coefficient (Wildman–Crippen LogP) is 1.15. The molecule has 1 fully saturated rings. The lowest BCUT2D eigenvalue weighted by Crippen LogP contribution is -2.49. The summed E-state index contributed by atoms with van der Waals surface area (Å²) in [4.78, 5) is 0. The Morgan fingerprint density at radius 1 is 1.31 bits per heavy atom. The molecule has 3 heteroatoms. The molecule has 2 rings (SSSR count). The summed E-state index contributed by atoms with van der Waals surface area (Å²) in [5.41, 5.74) is 1.24. The van der Waals surface area contributed by atoms with E-state index in [0.717, 1.165) is 19.7 Å². The van der Waals surface area contributed by atoms with Gasteiger partial charge in [-0.25, -0.2) is 0 Å². The quantitative estimate of drug-likeness (QED) is 0.676. The van der Waals surface area contributed by atoms with Crippen LogP contribution in [0.1, 0.15) is 12.0 Å². The summed E-state index contributed by atoms with van der Waals surface area (Å²) in [6, 6.07) is 11.0. The highest BCUT2D eigenvalue weighted by atomic mass is 16.5. The van der Waals surface area contributed by atoms with Crippen LogP contribution in [0, 0.1) is 0 Å². The Kier molecular flexibility index (Phi) is 4.80. The highest BCUT2D eigenvalue weighted by Crippen LogP contribution is 2.00. The van der Waals surface area contributed by atoms with Crippen molar-refractivity contribution in [2.24, 2.45) is 0 Å². The zero-order chi connectivity index (χ0) is 11.1. The van der Waals surface area contributed by atoms with Crippen molar-refractivity contribution in [1.82, 2.24) is 10.6 Å². The molecule has 0 bridgehead atoms. The molecule has 1 aliphatic rings. The van der Waals surface area contributed by atoms with Crippen molar-refractivity contribution in [3.63, 3.8) is 0 Å². The first kappa shape index (κ1) is 11.6. The molecule has 0 radical (unpaired) electrons. The highest BCUT2D eigenvalue weighted by molar-refractivity contribution is 5.13. The third kappa shape index (κ3) is 3.93. The topological polar surface area (TPSA) is 33.3 Å². The molecule has 1 saturated heterocycles. The first-order chi connectivity index (χ1) is 7.95. The van der Waals surface area contributed by atoms with E-state index in [4.69, 9.17) is 4.74 Å². The van der Waals surface area contributed by atoms with E-state index in [-0.39, 0.29) is 0 Å². The van der Waals surface area contributed by atoms with Gasteiger partial charge in [0.1, 0.15) is 0 Å². The first-order valence-electron chi connectivity index (χ1n) is 6.01. The van der Waals surface area contributed by atoms with Gasteiger partial charge in [-0.05, 0) is 18.5 Å². The van der Waals surface area contributed by atoms with Gasteiger partial charge in [0, 0.05) is 19.1 Å². The molecule has 0 aliphatic carbocycles. The first-order valence-corrected chi connectivity index (χ1v) is 6.01. The molecule has 1 heterocycles. The molecule has 1 aromatic carbocycles. The highest BCUT2D eigenvalue weighted by Gasteiger charge is 2.14. The lowest BCUT2D eigenvalue weighted by Gasteiger charge is -2.27. The summed E-state index contributed by atoms with van der Waals surface area (Å²) in [5.74, 6) is 0. The second-order valence-electron chi connectivity index (χ2n) is 4.18. The Balaban J connectivity index is 1.45. The lowest BCUT2D eigenvalue weighted by molar-refractivity contribution is 0.121. The number of rotatable bonds is 7. The summed E-state index contributed by atoms with van der Waals surface area (Å²) in [6.45, 7) is 4.67. The van der Waals surface area contributed by atoms with Crippen molar-refractivity contribution in [3.8, 4) is 0 Å². The fourth-order valence-electron chi connectivity index (χ4n) is 1.71. The van der Waals surface area contributed by atoms with Crippen molar-refractivity contribution in [2.75, 3.05) is 26.2 Å². The molecular formula is C13H20N2O. The third-order valence-corrected chi connectivity index (χ3v) is 2.85. The van der Waals surface area contributed by atoms with Crippen LogP contribution in [-0.2, 0) is 11.3 Å². The Bertz CT molecular complexity index is 285. The number of hydrogen-bond donors (Lipinski definition) is 2. The van der Waals surface area contributed by atoms with E-state index in [2.05, 4.69) is 22.8 Å². The van der Waals surface area contributed by atoms with Gasteiger partial charge >= 0.3 is 0 Å². The van der Waals surface area contributed by atoms with Gasteiger partial charge in [-0.2, -0.15) is 0 Å². The van der Waals surface area contributed by atoms with E-state index < -0.39 is 0 Å². The summed E-state index contributed by atoms with van der Waals surface area (Å²) in [6.07, 6.45) is 1.30. The minimum absolute atomic E-state index is 0.689. The minimum atomic E-state index is 0.689. The van der Waals surface area contributed by atoms with Gasteiger partial charge in [0.25, 0.3) is 0 Å². The number of nitrogens with one attached hydrogen (secondary N) is 2. The number of benzene rings is 1. The fourth-order valence-corrected chi connectivity index (χ4v) is 1.71. The molecule has 1 atom stereocenters. The maximum atomic E-state index is 5.57. The van der Waals surface area contributed by atoms with Gasteiger partial charge in [0.15, 0.2) is 0 Å². The van der Waals surface area contributed by atoms with Crippen LogP contribution in [0.4, 0.5) is 0 Å². The zero-order valence-electron chi connectivity index (χ0n) is 9.61. The summed E-state index contributed by atoms with van der Waals surface area (Å²) in [5, 5.41) is 6.75. The molecule has 0 aromatic heterocycles. The Hall–Kier alpha value is -0.900. The maximum absolute atomic E-state index is 5.57. The van der Waals surface area contributed by atoms with Gasteiger partial charge in [0.2, 0.25) is 0 Å². The standard InChI is InChI=1S/C13H20N2O/c1-2-4-12(5-3-1)11-16-9-8-14-10-13-6-7-15-13/h1-5,13-15H,6-11H2. The van der Waals surface area contributed by atoms with Crippen molar-refractivity contribution in [3.05, 3.63) is 35.9 Å². The zero-order valence-corrected chi connectivity index (χ0v) is 9.61. The van der Waals surface area contributed by atoms with E-state index in [1.807, 2.05) is 18.2 Å². The summed E-state index contributed by atoms with van der Waals surface area (Å²) in [7, 11) is 0. The van der Waals surface area contributed by atoms with Gasteiger partial charge in [-0.15, -0.1) is 0 Å². The second kappa shape index (κ2) is 6.63. The van der Waals surface area contributed by atoms with E-state index in [1.165, 1.54) is 18.5 Å². The lowest BCUT2D eigenvalue weighted by atomic mass is 10.1. The molecule has 0 spiro atoms. The van der Waals surface area contributed by atoms with Gasteiger partial charge in [-0.3, -0.25) is 0 Å². The van der Waals surface area contributed by atoms with Crippen LogP contribution in [-0.4, -0.2) is 32.3 Å². The molecule has 1 aromatic rings. The van der Waals surface area contributed by atoms with Crippen molar-refractivity contribution in [2.45, 2.75) is 19.1 Å².